The first-order valence-electron chi connectivity index (χ1n) is 19.8. The zero-order valence-electron chi connectivity index (χ0n) is 32.0. The van der Waals surface area contributed by atoms with Gasteiger partial charge in [-0.05, 0) is 116 Å². The third-order valence-corrected chi connectivity index (χ3v) is 12.2. The molecular weight excluding hydrogens is 689 g/mol. The fourth-order valence-electron chi connectivity index (χ4n) is 9.39. The largest absolute Gasteiger partial charge is 0.310 e. The Hall–Kier alpha value is -7.16. The number of benzene rings is 9. The van der Waals surface area contributed by atoms with Crippen molar-refractivity contribution in [2.45, 2.75) is 19.3 Å². The molecular formula is C55H40N2. The molecule has 0 N–H and O–H groups in total. The summed E-state index contributed by atoms with van der Waals surface area (Å²) in [6, 6.07) is 75.6. The third-order valence-electron chi connectivity index (χ3n) is 12.2. The van der Waals surface area contributed by atoms with Crippen LogP contribution in [0.2, 0.25) is 0 Å². The molecule has 2 heteroatoms. The van der Waals surface area contributed by atoms with Gasteiger partial charge in [0.05, 0.1) is 11.0 Å². The number of rotatable bonds is 6. The van der Waals surface area contributed by atoms with Crippen LogP contribution in [-0.2, 0) is 5.41 Å². The van der Waals surface area contributed by atoms with Crippen molar-refractivity contribution in [3.8, 4) is 39.1 Å². The Morgan fingerprint density at radius 3 is 1.67 bits per heavy atom. The molecule has 2 nitrogen and oxygen atoms in total. The van der Waals surface area contributed by atoms with E-state index in [-0.39, 0.29) is 5.41 Å². The molecule has 9 aromatic carbocycles. The Kier molecular flexibility index (Phi) is 7.55. The van der Waals surface area contributed by atoms with Gasteiger partial charge < -0.3 is 9.47 Å². The topological polar surface area (TPSA) is 8.17 Å². The quantitative estimate of drug-likeness (QED) is 0.165. The lowest BCUT2D eigenvalue weighted by Crippen LogP contribution is -2.15. The zero-order chi connectivity index (χ0) is 38.1. The fraction of sp³-hybridized carbons (Fsp3) is 0.0545. The molecule has 0 spiro atoms. The first-order valence-corrected chi connectivity index (χ1v) is 19.8. The van der Waals surface area contributed by atoms with Crippen molar-refractivity contribution in [3.63, 3.8) is 0 Å². The van der Waals surface area contributed by atoms with Gasteiger partial charge in [-0.15, -0.1) is 0 Å². The lowest BCUT2D eigenvalue weighted by Gasteiger charge is -2.28. The van der Waals surface area contributed by atoms with Crippen molar-refractivity contribution in [2.75, 3.05) is 4.90 Å². The lowest BCUT2D eigenvalue weighted by molar-refractivity contribution is 0.660. The van der Waals surface area contributed by atoms with Crippen LogP contribution in [0.4, 0.5) is 17.1 Å². The second kappa shape index (κ2) is 13.0. The molecule has 10 aromatic rings. The summed E-state index contributed by atoms with van der Waals surface area (Å²) in [5.74, 6) is 0. The number of fused-ring (bicyclic) bond motifs is 7. The molecule has 1 aromatic heterocycles. The Balaban J connectivity index is 1.01. The lowest BCUT2D eigenvalue weighted by atomic mass is 9.82. The highest BCUT2D eigenvalue weighted by Gasteiger charge is 2.35. The summed E-state index contributed by atoms with van der Waals surface area (Å²) in [5.41, 5.74) is 17.1. The number of aromatic nitrogens is 1. The van der Waals surface area contributed by atoms with Crippen molar-refractivity contribution in [2.24, 2.45) is 0 Å². The van der Waals surface area contributed by atoms with E-state index in [1.807, 2.05) is 0 Å². The van der Waals surface area contributed by atoms with Crippen molar-refractivity contribution in [1.29, 1.82) is 0 Å². The van der Waals surface area contributed by atoms with Crippen LogP contribution in [0.1, 0.15) is 25.0 Å². The summed E-state index contributed by atoms with van der Waals surface area (Å²) >= 11 is 0. The average Bonchev–Trinajstić information content (AvgIpc) is 3.72. The maximum atomic E-state index is 2.41. The smallest absolute Gasteiger partial charge is 0.0541 e. The molecule has 0 saturated carbocycles. The van der Waals surface area contributed by atoms with Crippen LogP contribution in [0, 0.1) is 0 Å². The summed E-state index contributed by atoms with van der Waals surface area (Å²) in [6.07, 6.45) is 0. The predicted molar refractivity (Wildman–Crippen MR) is 241 cm³/mol. The SMILES string of the molecule is CC1(C)c2ccccc2-c2cc(N(c3ccc(-c4ccc(-n5c6ccccc6c6ccccc65)cc4)cc3)c3cccc(-c4cccc5ccccc45)c3)ccc21. The highest BCUT2D eigenvalue weighted by atomic mass is 15.1. The molecule has 11 rings (SSSR count). The third kappa shape index (κ3) is 5.33. The highest BCUT2D eigenvalue weighted by molar-refractivity contribution is 6.09. The summed E-state index contributed by atoms with van der Waals surface area (Å²) in [6.45, 7) is 4.69. The zero-order valence-corrected chi connectivity index (χ0v) is 32.0. The summed E-state index contributed by atoms with van der Waals surface area (Å²) in [5, 5.41) is 5.05. The van der Waals surface area contributed by atoms with Crippen molar-refractivity contribution >= 4 is 49.6 Å². The first kappa shape index (κ1) is 33.2. The maximum absolute atomic E-state index is 2.41. The van der Waals surface area contributed by atoms with Gasteiger partial charge in [0.1, 0.15) is 0 Å². The number of anilines is 3. The van der Waals surface area contributed by atoms with E-state index in [1.54, 1.807) is 0 Å². The summed E-state index contributed by atoms with van der Waals surface area (Å²) < 4.78 is 2.37. The van der Waals surface area contributed by atoms with Crippen LogP contribution in [0.3, 0.4) is 0 Å². The molecule has 0 fully saturated rings. The Labute approximate surface area is 333 Å². The average molecular weight is 729 g/mol. The van der Waals surface area contributed by atoms with Crippen LogP contribution in [-0.4, -0.2) is 4.57 Å². The normalized spacial score (nSPS) is 12.9. The van der Waals surface area contributed by atoms with Crippen LogP contribution in [0.15, 0.2) is 206 Å². The van der Waals surface area contributed by atoms with Crippen molar-refractivity contribution in [3.05, 3.63) is 217 Å². The minimum absolute atomic E-state index is 0.0533. The first-order chi connectivity index (χ1) is 28.0. The van der Waals surface area contributed by atoms with E-state index >= 15 is 0 Å². The van der Waals surface area contributed by atoms with E-state index in [9.17, 15) is 0 Å². The molecule has 0 unspecified atom stereocenters. The number of hydrogen-bond donors (Lipinski definition) is 0. The van der Waals surface area contributed by atoms with Crippen molar-refractivity contribution < 1.29 is 0 Å². The Morgan fingerprint density at radius 2 is 0.912 bits per heavy atom. The second-order valence-electron chi connectivity index (χ2n) is 15.8. The molecule has 1 aliphatic rings. The standard InChI is InChI=1S/C55H40N2/c1-55(2)51-22-8-5-18-47(51)50-36-44(33-34-52(50)55)56(43-16-11-15-40(35-43)46-21-12-14-39-13-3-4-17-45(39)46)41-29-25-37(26-30-41)38-27-31-42(32-28-38)57-53-23-9-6-19-48(53)49-20-7-10-24-54(49)57/h3-36H,1-2H3. The van der Waals surface area contributed by atoms with Gasteiger partial charge in [-0.3, -0.25) is 0 Å². The van der Waals surface area contributed by atoms with Gasteiger partial charge in [-0.25, -0.2) is 0 Å². The minimum Gasteiger partial charge on any atom is -0.310 e. The second-order valence-corrected chi connectivity index (χ2v) is 15.8. The van der Waals surface area contributed by atoms with Crippen LogP contribution in [0.5, 0.6) is 0 Å². The van der Waals surface area contributed by atoms with E-state index in [4.69, 9.17) is 0 Å². The van der Waals surface area contributed by atoms with Crippen molar-refractivity contribution in [1.82, 2.24) is 4.57 Å². The van der Waals surface area contributed by atoms with Gasteiger partial charge in [-0.1, -0.05) is 159 Å². The number of nitrogens with zero attached hydrogens (tertiary/aromatic N) is 2. The Bertz CT molecular complexity index is 3090. The van der Waals surface area contributed by atoms with E-state index in [1.165, 1.54) is 77.1 Å². The molecule has 0 saturated heterocycles. The number of hydrogen-bond acceptors (Lipinski definition) is 1. The Morgan fingerprint density at radius 1 is 0.368 bits per heavy atom. The minimum atomic E-state index is -0.0533. The van der Waals surface area contributed by atoms with E-state index < -0.39 is 0 Å². The van der Waals surface area contributed by atoms with E-state index in [0.717, 1.165) is 22.7 Å². The monoisotopic (exact) mass is 728 g/mol. The molecule has 1 aliphatic carbocycles. The fourth-order valence-corrected chi connectivity index (χ4v) is 9.39. The molecule has 270 valence electrons. The van der Waals surface area contributed by atoms with Gasteiger partial charge in [0, 0.05) is 38.9 Å². The molecule has 0 radical (unpaired) electrons. The van der Waals surface area contributed by atoms with Gasteiger partial charge >= 0.3 is 0 Å². The van der Waals surface area contributed by atoms with Crippen LogP contribution in [0.25, 0.3) is 71.6 Å². The number of para-hydroxylation sites is 2. The molecule has 0 atom stereocenters. The van der Waals surface area contributed by atoms with E-state index in [2.05, 4.69) is 230 Å². The molecule has 0 aliphatic heterocycles. The van der Waals surface area contributed by atoms with E-state index in [0.29, 0.717) is 0 Å². The summed E-state index contributed by atoms with van der Waals surface area (Å²) in [4.78, 5) is 2.41. The van der Waals surface area contributed by atoms with Gasteiger partial charge in [0.25, 0.3) is 0 Å². The molecule has 0 bridgehead atoms. The maximum Gasteiger partial charge on any atom is 0.0541 e. The summed E-state index contributed by atoms with van der Waals surface area (Å²) in [7, 11) is 0. The predicted octanol–water partition coefficient (Wildman–Crippen LogP) is 15.0. The van der Waals surface area contributed by atoms with Gasteiger partial charge in [0.15, 0.2) is 0 Å². The highest BCUT2D eigenvalue weighted by Crippen LogP contribution is 2.51. The molecule has 57 heavy (non-hydrogen) atoms. The van der Waals surface area contributed by atoms with Gasteiger partial charge in [0.2, 0.25) is 0 Å². The molecule has 0 amide bonds. The van der Waals surface area contributed by atoms with Gasteiger partial charge in [-0.2, -0.15) is 0 Å². The molecule has 1 heterocycles. The van der Waals surface area contributed by atoms with Crippen LogP contribution < -0.4 is 4.90 Å². The van der Waals surface area contributed by atoms with Crippen LogP contribution >= 0.6 is 0 Å².